The Morgan fingerprint density at radius 1 is 1.09 bits per heavy atom. The van der Waals surface area contributed by atoms with Crippen LogP contribution in [0.4, 0.5) is 4.39 Å². The second-order valence-electron chi connectivity index (χ2n) is 15.8. The fourth-order valence-electron chi connectivity index (χ4n) is 7.82. The summed E-state index contributed by atoms with van der Waals surface area (Å²) in [5, 5.41) is 14.4. The summed E-state index contributed by atoms with van der Waals surface area (Å²) < 4.78 is 20.0. The van der Waals surface area contributed by atoms with Gasteiger partial charge in [-0.1, -0.05) is 53.0 Å². The number of nitrogens with zero attached hydrogens (tertiary/aromatic N) is 3. The molecule has 2 amide bonds. The van der Waals surface area contributed by atoms with Crippen LogP contribution in [0.2, 0.25) is 0 Å². The number of Topliss-reactive ketones (excluding diaryl/α,β-unsaturated/α-hetero) is 1. The fraction of sp³-hybridized carbons (Fsp3) is 0.659. The molecule has 298 valence electrons. The Morgan fingerprint density at radius 3 is 2.43 bits per heavy atom. The van der Waals surface area contributed by atoms with Gasteiger partial charge in [0.1, 0.15) is 16.5 Å². The van der Waals surface area contributed by atoms with Gasteiger partial charge < -0.3 is 20.1 Å². The smallest absolute Gasteiger partial charge is 0.306 e. The van der Waals surface area contributed by atoms with Crippen molar-refractivity contribution in [3.05, 3.63) is 51.2 Å². The molecule has 2 N–H and O–H groups in total. The van der Waals surface area contributed by atoms with Gasteiger partial charge in [0.25, 0.3) is 5.91 Å². The molecule has 1 aliphatic heterocycles. The molecule has 2 fully saturated rings. The highest BCUT2D eigenvalue weighted by Crippen LogP contribution is 2.38. The van der Waals surface area contributed by atoms with Crippen molar-refractivity contribution < 1.29 is 38.2 Å². The zero-order chi connectivity index (χ0) is 39.7. The SMILES string of the molecule is CCN1CCCC[C@@H]1C(=O)C[C@@H](CC1CC1)C(=O)N(C)[C@H](C[C@@H](OC(C)=O)c1nc(C(=O)N[C@@H](Cc2cc(C)cc(F)c2)C[C@H](C)C(=O)O)cs1)C(C)C. The number of hydrogen-bond donors (Lipinski definition) is 2. The number of aliphatic carboxylic acids is 1. The Kier molecular flexibility index (Phi) is 15.7. The van der Waals surface area contributed by atoms with Gasteiger partial charge >= 0.3 is 11.9 Å². The fourth-order valence-corrected chi connectivity index (χ4v) is 8.66. The average molecular weight is 771 g/mol. The zero-order valence-electron chi connectivity index (χ0n) is 32.9. The lowest BCUT2D eigenvalue weighted by molar-refractivity contribution is -0.149. The predicted molar refractivity (Wildman–Crippen MR) is 205 cm³/mol. The van der Waals surface area contributed by atoms with Crippen LogP contribution in [0.3, 0.4) is 0 Å². The molecule has 1 aromatic heterocycles. The second-order valence-corrected chi connectivity index (χ2v) is 16.7. The van der Waals surface area contributed by atoms with Gasteiger partial charge in [0, 0.05) is 50.2 Å². The highest BCUT2D eigenvalue weighted by atomic mass is 32.1. The van der Waals surface area contributed by atoms with Crippen molar-refractivity contribution in [2.75, 3.05) is 20.1 Å². The Labute approximate surface area is 323 Å². The molecule has 0 bridgehead atoms. The largest absolute Gasteiger partial charge is 0.481 e. The molecule has 2 aliphatic rings. The number of carbonyl (C=O) groups excluding carboxylic acids is 4. The molecule has 1 saturated heterocycles. The maximum Gasteiger partial charge on any atom is 0.306 e. The van der Waals surface area contributed by atoms with Gasteiger partial charge in [-0.05, 0) is 87.2 Å². The van der Waals surface area contributed by atoms with Crippen LogP contribution < -0.4 is 5.32 Å². The molecular weight excluding hydrogens is 712 g/mol. The third-order valence-corrected chi connectivity index (χ3v) is 11.8. The number of aryl methyl sites for hydroxylation is 1. The van der Waals surface area contributed by atoms with Gasteiger partial charge in [0.2, 0.25) is 5.91 Å². The number of carboxylic acid groups (broad SMARTS) is 1. The van der Waals surface area contributed by atoms with Gasteiger partial charge in [0.05, 0.1) is 12.0 Å². The molecule has 13 heteroatoms. The van der Waals surface area contributed by atoms with Crippen molar-refractivity contribution in [1.29, 1.82) is 0 Å². The molecule has 11 nitrogen and oxygen atoms in total. The molecule has 0 spiro atoms. The number of amides is 2. The highest BCUT2D eigenvalue weighted by Gasteiger charge is 2.38. The minimum absolute atomic E-state index is 0.0330. The van der Waals surface area contributed by atoms with E-state index in [0.29, 0.717) is 28.5 Å². The predicted octanol–water partition coefficient (Wildman–Crippen LogP) is 6.77. The molecule has 2 aromatic rings. The third kappa shape index (κ3) is 12.4. The minimum atomic E-state index is -1.01. The number of hydrogen-bond acceptors (Lipinski definition) is 9. The van der Waals surface area contributed by atoms with Crippen LogP contribution in [0.1, 0.15) is 125 Å². The first kappa shape index (κ1) is 43.0. The quantitative estimate of drug-likeness (QED) is 0.139. The highest BCUT2D eigenvalue weighted by molar-refractivity contribution is 7.09. The lowest BCUT2D eigenvalue weighted by atomic mass is 9.87. The van der Waals surface area contributed by atoms with E-state index in [4.69, 9.17) is 4.74 Å². The number of rotatable bonds is 20. The maximum absolute atomic E-state index is 14.3. The van der Waals surface area contributed by atoms with E-state index in [9.17, 15) is 33.5 Å². The van der Waals surface area contributed by atoms with Crippen LogP contribution in [0.25, 0.3) is 0 Å². The number of esters is 1. The Balaban J connectivity index is 1.51. The van der Waals surface area contributed by atoms with Crippen LogP contribution in [-0.2, 0) is 30.3 Å². The maximum atomic E-state index is 14.3. The van der Waals surface area contributed by atoms with E-state index in [1.807, 2.05) is 13.8 Å². The Bertz CT molecular complexity index is 1610. The third-order valence-electron chi connectivity index (χ3n) is 10.9. The van der Waals surface area contributed by atoms with Crippen LogP contribution in [0, 0.1) is 36.4 Å². The van der Waals surface area contributed by atoms with Crippen molar-refractivity contribution in [3.63, 3.8) is 0 Å². The Hall–Kier alpha value is -3.71. The first-order valence-corrected chi connectivity index (χ1v) is 20.4. The average Bonchev–Trinajstić information content (AvgIpc) is 3.78. The van der Waals surface area contributed by atoms with E-state index in [0.717, 1.165) is 56.5 Å². The van der Waals surface area contributed by atoms with Crippen molar-refractivity contribution in [1.82, 2.24) is 20.1 Å². The van der Waals surface area contributed by atoms with Crippen molar-refractivity contribution in [3.8, 4) is 0 Å². The standard InChI is InChI=1S/C41H59FN4O7S/c1-8-46-14-10-9-11-34(46)36(48)21-30(18-28-12-13-28)40(50)45(7)35(24(2)3)22-37(53-27(6)47)39-44-33(23-54-39)38(49)43-32(17-26(5)41(51)52)20-29-15-25(4)16-31(42)19-29/h15-16,19,23-24,26,28,30,32,34-35,37H,8-14,17-18,20-22H2,1-7H3,(H,43,49)(H,51,52)/t26-,30+,32+,34+,35+,37+/m0/s1. The number of thiazole rings is 1. The summed E-state index contributed by atoms with van der Waals surface area (Å²) in [4.78, 5) is 74.1. The van der Waals surface area contributed by atoms with Crippen molar-refractivity contribution in [2.45, 2.75) is 130 Å². The van der Waals surface area contributed by atoms with E-state index in [1.165, 1.54) is 19.1 Å². The van der Waals surface area contributed by atoms with E-state index < -0.39 is 47.6 Å². The molecule has 1 aromatic carbocycles. The first-order chi connectivity index (χ1) is 25.6. The summed E-state index contributed by atoms with van der Waals surface area (Å²) in [6, 6.07) is 3.44. The summed E-state index contributed by atoms with van der Waals surface area (Å²) >= 11 is 1.16. The number of nitrogens with one attached hydrogen (secondary N) is 1. The molecule has 4 rings (SSSR count). The van der Waals surface area contributed by atoms with E-state index >= 15 is 0 Å². The number of aromatic nitrogens is 1. The number of carboxylic acids is 1. The molecule has 1 saturated carbocycles. The number of likely N-dealkylation sites (tertiary alicyclic amines) is 1. The van der Waals surface area contributed by atoms with E-state index in [1.54, 1.807) is 37.2 Å². The second kappa shape index (κ2) is 19.7. The monoisotopic (exact) mass is 770 g/mol. The topological polar surface area (TPSA) is 146 Å². The molecule has 2 heterocycles. The number of ether oxygens (including phenoxy) is 1. The van der Waals surface area contributed by atoms with E-state index in [2.05, 4.69) is 22.1 Å². The summed E-state index contributed by atoms with van der Waals surface area (Å²) in [5.41, 5.74) is 1.42. The van der Waals surface area contributed by atoms with Gasteiger partial charge in [-0.3, -0.25) is 28.9 Å². The normalized spacial score (nSPS) is 19.0. The van der Waals surface area contributed by atoms with Crippen LogP contribution in [-0.4, -0.2) is 87.7 Å². The minimum Gasteiger partial charge on any atom is -0.481 e. The van der Waals surface area contributed by atoms with Crippen LogP contribution >= 0.6 is 11.3 Å². The number of benzene rings is 1. The van der Waals surface area contributed by atoms with Crippen molar-refractivity contribution in [2.24, 2.45) is 23.7 Å². The number of halogens is 1. The van der Waals surface area contributed by atoms with Gasteiger partial charge in [-0.25, -0.2) is 9.37 Å². The molecule has 1 aliphatic carbocycles. The summed E-state index contributed by atoms with van der Waals surface area (Å²) in [7, 11) is 1.76. The van der Waals surface area contributed by atoms with Crippen LogP contribution in [0.15, 0.2) is 23.6 Å². The van der Waals surface area contributed by atoms with Gasteiger partial charge in [-0.2, -0.15) is 0 Å². The summed E-state index contributed by atoms with van der Waals surface area (Å²) in [5.74, 6) is -3.20. The molecular formula is C41H59FN4O7S. The number of likely N-dealkylation sites (N-methyl/N-ethyl adjacent to an activating group) is 1. The van der Waals surface area contributed by atoms with Gasteiger partial charge in [0.15, 0.2) is 11.9 Å². The summed E-state index contributed by atoms with van der Waals surface area (Å²) in [6.45, 7) is 12.4. The van der Waals surface area contributed by atoms with Gasteiger partial charge in [-0.15, -0.1) is 11.3 Å². The lowest BCUT2D eigenvalue weighted by Gasteiger charge is -2.37. The summed E-state index contributed by atoms with van der Waals surface area (Å²) in [6.07, 6.45) is 5.68. The molecule has 0 unspecified atom stereocenters. The zero-order valence-corrected chi connectivity index (χ0v) is 33.8. The van der Waals surface area contributed by atoms with Crippen molar-refractivity contribution >= 4 is 40.9 Å². The molecule has 6 atom stereocenters. The molecule has 54 heavy (non-hydrogen) atoms. The first-order valence-electron chi connectivity index (χ1n) is 19.5. The Morgan fingerprint density at radius 2 is 1.81 bits per heavy atom. The van der Waals surface area contributed by atoms with Crippen LogP contribution in [0.5, 0.6) is 0 Å². The number of carbonyl (C=O) groups is 5. The lowest BCUT2D eigenvalue weighted by Crippen LogP contribution is -2.47. The number of piperidine rings is 1. The van der Waals surface area contributed by atoms with E-state index in [-0.39, 0.29) is 61.1 Å². The number of ketones is 1. The molecule has 0 radical (unpaired) electrons.